The predicted molar refractivity (Wildman–Crippen MR) is 148 cm³/mol. The Morgan fingerprint density at radius 3 is 2.62 bits per heavy atom. The summed E-state index contributed by atoms with van der Waals surface area (Å²) in [5, 5.41) is 7.83. The van der Waals surface area contributed by atoms with Crippen LogP contribution in [0, 0.1) is 5.41 Å². The van der Waals surface area contributed by atoms with Gasteiger partial charge in [-0.15, -0.1) is 18.3 Å². The van der Waals surface area contributed by atoms with Crippen molar-refractivity contribution in [3.05, 3.63) is 61.3 Å². The van der Waals surface area contributed by atoms with E-state index in [9.17, 15) is 9.59 Å². The first-order chi connectivity index (χ1) is 17.4. The topological polar surface area (TPSA) is 92.1 Å². The second kappa shape index (κ2) is 13.0. The Morgan fingerprint density at radius 1 is 1.19 bits per heavy atom. The van der Waals surface area contributed by atoms with E-state index < -0.39 is 0 Å². The Hall–Kier alpha value is -3.72. The summed E-state index contributed by atoms with van der Waals surface area (Å²) in [4.78, 5) is 32.1. The van der Waals surface area contributed by atoms with Crippen LogP contribution in [0.3, 0.4) is 0 Å². The van der Waals surface area contributed by atoms with Gasteiger partial charge < -0.3 is 15.0 Å². The van der Waals surface area contributed by atoms with Gasteiger partial charge in [0.1, 0.15) is 17.4 Å². The molecule has 200 valence electrons. The number of carbonyl (C=O) groups excluding carboxylic acids is 2. The number of aromatic nitrogens is 3. The monoisotopic (exact) mass is 508 g/mol. The van der Waals surface area contributed by atoms with Gasteiger partial charge in [0.15, 0.2) is 5.65 Å². The molecule has 1 aromatic carbocycles. The molecule has 2 aliphatic heterocycles. The van der Waals surface area contributed by atoms with Gasteiger partial charge in [0.25, 0.3) is 0 Å². The molecule has 9 nitrogen and oxygen atoms in total. The Kier molecular flexibility index (Phi) is 10.4. The van der Waals surface area contributed by atoms with Crippen molar-refractivity contribution in [2.75, 3.05) is 38.7 Å². The second-order valence-electron chi connectivity index (χ2n) is 8.81. The molecule has 2 aliphatic rings. The number of nitrogens with zero attached hydrogens (tertiary/aromatic N) is 5. The van der Waals surface area contributed by atoms with E-state index in [1.807, 2.05) is 57.4 Å². The molecular weight excluding hydrogens is 468 g/mol. The van der Waals surface area contributed by atoms with Crippen LogP contribution in [-0.4, -0.2) is 69.4 Å². The molecule has 4 heterocycles. The third kappa shape index (κ3) is 6.74. The number of anilines is 1. The van der Waals surface area contributed by atoms with Crippen molar-refractivity contribution in [3.8, 4) is 11.6 Å². The number of ether oxygens (including phenoxy) is 1. The average molecular weight is 509 g/mol. The lowest BCUT2D eigenvalue weighted by molar-refractivity contribution is -0.156. The maximum absolute atomic E-state index is 12.2. The number of Topliss-reactive ketones (excluding diaryl/α,β-unsaturated/α-hetero) is 1. The number of ketones is 1. The highest BCUT2D eigenvalue weighted by molar-refractivity contribution is 5.89. The molecule has 1 unspecified atom stereocenters. The van der Waals surface area contributed by atoms with E-state index in [0.29, 0.717) is 30.4 Å². The Labute approximate surface area is 220 Å². The van der Waals surface area contributed by atoms with Gasteiger partial charge in [-0.3, -0.25) is 14.5 Å². The summed E-state index contributed by atoms with van der Waals surface area (Å²) in [7, 11) is 1.86. The summed E-state index contributed by atoms with van der Waals surface area (Å²) in [5.41, 5.74) is 1.44. The molecule has 0 bridgehead atoms. The van der Waals surface area contributed by atoms with Gasteiger partial charge in [0.2, 0.25) is 11.8 Å². The maximum Gasteiger partial charge on any atom is 0.237 e. The first-order valence-corrected chi connectivity index (χ1v) is 12.2. The van der Waals surface area contributed by atoms with Crippen molar-refractivity contribution in [1.82, 2.24) is 24.4 Å². The van der Waals surface area contributed by atoms with Crippen molar-refractivity contribution >= 4 is 23.2 Å². The van der Waals surface area contributed by atoms with Crippen LogP contribution in [0.4, 0.5) is 5.82 Å². The van der Waals surface area contributed by atoms with Crippen LogP contribution < -0.4 is 10.1 Å². The lowest BCUT2D eigenvalue weighted by Gasteiger charge is -2.44. The molecule has 1 atom stereocenters. The van der Waals surface area contributed by atoms with Crippen LogP contribution in [0.5, 0.6) is 11.6 Å². The minimum absolute atomic E-state index is 0. The zero-order chi connectivity index (χ0) is 26.3. The second-order valence-corrected chi connectivity index (χ2v) is 8.81. The lowest BCUT2D eigenvalue weighted by Crippen LogP contribution is -2.60. The number of nitrogens with one attached hydrogen (secondary N) is 1. The van der Waals surface area contributed by atoms with Crippen LogP contribution in [0.15, 0.2) is 55.8 Å². The molecule has 1 N–H and O–H groups in total. The molecule has 37 heavy (non-hydrogen) atoms. The van der Waals surface area contributed by atoms with Crippen molar-refractivity contribution in [2.45, 2.75) is 41.0 Å². The normalized spacial score (nSPS) is 18.2. The number of imidazole rings is 1. The number of rotatable bonds is 7. The van der Waals surface area contributed by atoms with Crippen LogP contribution in [0.25, 0.3) is 5.65 Å². The summed E-state index contributed by atoms with van der Waals surface area (Å²) in [6.45, 7) is 14.7. The smallest absolute Gasteiger partial charge is 0.237 e. The number of fused-ring (bicyclic) bond motifs is 1. The molecule has 1 spiro atoms. The van der Waals surface area contributed by atoms with Crippen LogP contribution in [-0.2, 0) is 16.0 Å². The largest absolute Gasteiger partial charge is 0.438 e. The van der Waals surface area contributed by atoms with Gasteiger partial charge in [-0.2, -0.15) is 0 Å². The highest BCUT2D eigenvalue weighted by atomic mass is 16.5. The predicted octanol–water partition coefficient (Wildman–Crippen LogP) is 4.65. The first-order valence-electron chi connectivity index (χ1n) is 12.2. The Balaban J connectivity index is 0.000000919. The van der Waals surface area contributed by atoms with Crippen molar-refractivity contribution < 1.29 is 14.3 Å². The fourth-order valence-electron chi connectivity index (χ4n) is 4.63. The third-order valence-corrected chi connectivity index (χ3v) is 6.13. The summed E-state index contributed by atoms with van der Waals surface area (Å²) < 4.78 is 7.56. The van der Waals surface area contributed by atoms with E-state index in [1.165, 1.54) is 0 Å². The minimum Gasteiger partial charge on any atom is -0.438 e. The number of amides is 1. The third-order valence-electron chi connectivity index (χ3n) is 6.13. The average Bonchev–Trinajstić information content (AvgIpc) is 3.50. The van der Waals surface area contributed by atoms with Crippen molar-refractivity contribution in [1.29, 1.82) is 0 Å². The van der Waals surface area contributed by atoms with Gasteiger partial charge in [0, 0.05) is 39.2 Å². The Bertz CT molecular complexity index is 1210. The highest BCUT2D eigenvalue weighted by Gasteiger charge is 2.53. The molecule has 3 aromatic rings. The van der Waals surface area contributed by atoms with Gasteiger partial charge in [0.05, 0.1) is 18.3 Å². The molecule has 1 amide bonds. The number of carbonyl (C=O) groups is 2. The first kappa shape index (κ1) is 29.5. The number of β-lactam (4-membered cyclic amide) rings is 1. The number of likely N-dealkylation sites (tertiary alicyclic amines) is 2. The summed E-state index contributed by atoms with van der Waals surface area (Å²) in [6.07, 6.45) is 3.12. The minimum atomic E-state index is -0.176. The maximum atomic E-state index is 12.2. The SMILES string of the molecule is C.C=C.CC.CC(=O)Cc1cccc(Oc2ccc3nc(NCN4CCC5(C4)CN(C)C5=O)cn3n2)c1. The number of hydrogen-bond acceptors (Lipinski definition) is 7. The van der Waals surface area contributed by atoms with Crippen molar-refractivity contribution in [3.63, 3.8) is 0 Å². The van der Waals surface area contributed by atoms with Gasteiger partial charge in [-0.25, -0.2) is 9.50 Å². The quantitative estimate of drug-likeness (QED) is 0.367. The van der Waals surface area contributed by atoms with Crippen LogP contribution >= 0.6 is 0 Å². The molecule has 5 rings (SSSR count). The molecule has 2 aromatic heterocycles. The fraction of sp³-hybridized carbons (Fsp3) is 0.429. The molecule has 2 saturated heterocycles. The van der Waals surface area contributed by atoms with E-state index in [4.69, 9.17) is 4.74 Å². The molecule has 2 fully saturated rings. The van der Waals surface area contributed by atoms with Gasteiger partial charge in [-0.05, 0) is 37.1 Å². The van der Waals surface area contributed by atoms with E-state index in [-0.39, 0.29) is 24.5 Å². The molecule has 9 heteroatoms. The van der Waals surface area contributed by atoms with Gasteiger partial charge >= 0.3 is 0 Å². The van der Waals surface area contributed by atoms with Gasteiger partial charge in [-0.1, -0.05) is 33.4 Å². The summed E-state index contributed by atoms with van der Waals surface area (Å²) in [5.74, 6) is 2.16. The van der Waals surface area contributed by atoms with Crippen LogP contribution in [0.2, 0.25) is 0 Å². The molecule has 0 radical (unpaired) electrons. The van der Waals surface area contributed by atoms with Crippen molar-refractivity contribution in [2.24, 2.45) is 5.41 Å². The fourth-order valence-corrected chi connectivity index (χ4v) is 4.63. The molecule has 0 aliphatic carbocycles. The summed E-state index contributed by atoms with van der Waals surface area (Å²) >= 11 is 0. The number of hydrogen-bond donors (Lipinski definition) is 1. The zero-order valence-corrected chi connectivity index (χ0v) is 21.7. The molecule has 0 saturated carbocycles. The number of benzene rings is 1. The Morgan fingerprint density at radius 2 is 1.95 bits per heavy atom. The van der Waals surface area contributed by atoms with E-state index in [2.05, 4.69) is 33.5 Å². The van der Waals surface area contributed by atoms with E-state index in [1.54, 1.807) is 22.4 Å². The highest BCUT2D eigenvalue weighted by Crippen LogP contribution is 2.39. The van der Waals surface area contributed by atoms with E-state index in [0.717, 1.165) is 37.4 Å². The zero-order valence-electron chi connectivity index (χ0n) is 21.7. The van der Waals surface area contributed by atoms with E-state index >= 15 is 0 Å². The molecular formula is C28H40N6O3. The summed E-state index contributed by atoms with van der Waals surface area (Å²) in [6, 6.07) is 11.1. The lowest BCUT2D eigenvalue weighted by atomic mass is 9.78. The van der Waals surface area contributed by atoms with Crippen LogP contribution in [0.1, 0.15) is 40.2 Å². The standard InChI is InChI=1S/C23H26N6O3.C2H6.C2H4.CH4/c1-16(30)10-17-4-3-5-18(11-17)32-21-7-6-20-25-19(12-29(20)26-21)24-15-28-9-8-23(14-28)13-27(2)22(23)31;2*1-2;/h3-7,11-12,24H,8-10,13-15H2,1-2H3;1-2H3;1-2H2;1H4.